The summed E-state index contributed by atoms with van der Waals surface area (Å²) in [6, 6.07) is 15.8. The van der Waals surface area contributed by atoms with Crippen molar-refractivity contribution >= 4 is 5.97 Å². The zero-order chi connectivity index (χ0) is 14.1. The topological polar surface area (TPSA) is 26.3 Å². The molecule has 3 heteroatoms. The molecule has 3 rings (SSSR count). The molecule has 0 radical (unpaired) electrons. The molecule has 0 unspecified atom stereocenters. The zero-order valence-electron chi connectivity index (χ0n) is 10.8. The lowest BCUT2D eigenvalue weighted by molar-refractivity contribution is -0.139. The van der Waals surface area contributed by atoms with E-state index in [0.717, 1.165) is 5.56 Å². The highest BCUT2D eigenvalue weighted by Gasteiger charge is 2.41. The van der Waals surface area contributed by atoms with Crippen molar-refractivity contribution in [1.82, 2.24) is 0 Å². The molecule has 0 aliphatic carbocycles. The van der Waals surface area contributed by atoms with Crippen LogP contribution in [0.4, 0.5) is 4.39 Å². The Balaban J connectivity index is 2.08. The third kappa shape index (κ3) is 2.01. The smallest absolute Gasteiger partial charge is 0.334 e. The minimum atomic E-state index is -0.654. The van der Waals surface area contributed by atoms with Crippen LogP contribution >= 0.6 is 0 Å². The third-order valence-corrected chi connectivity index (χ3v) is 3.54. The number of benzene rings is 2. The van der Waals surface area contributed by atoms with Crippen LogP contribution in [-0.2, 0) is 9.53 Å². The van der Waals surface area contributed by atoms with E-state index in [1.54, 1.807) is 18.2 Å². The van der Waals surface area contributed by atoms with Gasteiger partial charge in [0.25, 0.3) is 0 Å². The van der Waals surface area contributed by atoms with Gasteiger partial charge in [-0.05, 0) is 11.6 Å². The van der Waals surface area contributed by atoms with Crippen LogP contribution in [0.25, 0.3) is 0 Å². The second-order valence-electron chi connectivity index (χ2n) is 4.76. The van der Waals surface area contributed by atoms with Crippen LogP contribution in [0.2, 0.25) is 0 Å². The number of halogens is 1. The molecule has 2 nitrogen and oxygen atoms in total. The standard InChI is InChI=1S/C17H13FO2/c1-11-15(12-7-3-2-4-8-12)16(20-17(11)19)13-9-5-6-10-14(13)18/h2-10,15-16H,1H2/t15-,16+/m0/s1. The summed E-state index contributed by atoms with van der Waals surface area (Å²) in [5.74, 6) is -1.19. The molecule has 1 aliphatic heterocycles. The Hall–Kier alpha value is -2.42. The van der Waals surface area contributed by atoms with Gasteiger partial charge in [0.1, 0.15) is 11.9 Å². The highest BCUT2D eigenvalue weighted by Crippen LogP contribution is 2.45. The van der Waals surface area contributed by atoms with E-state index in [2.05, 4.69) is 6.58 Å². The first-order valence-electron chi connectivity index (χ1n) is 6.37. The largest absolute Gasteiger partial charge is 0.453 e. The van der Waals surface area contributed by atoms with Gasteiger partial charge in [0.15, 0.2) is 0 Å². The van der Waals surface area contributed by atoms with E-state index < -0.39 is 12.1 Å². The molecule has 0 bridgehead atoms. The second kappa shape index (κ2) is 4.93. The molecule has 1 fully saturated rings. The number of ether oxygens (including phenoxy) is 1. The fraction of sp³-hybridized carbons (Fsp3) is 0.118. The van der Waals surface area contributed by atoms with Crippen LogP contribution < -0.4 is 0 Å². The van der Waals surface area contributed by atoms with E-state index in [1.165, 1.54) is 6.07 Å². The molecule has 2 atom stereocenters. The summed E-state index contributed by atoms with van der Waals surface area (Å²) < 4.78 is 19.3. The summed E-state index contributed by atoms with van der Waals surface area (Å²) in [4.78, 5) is 11.8. The zero-order valence-corrected chi connectivity index (χ0v) is 10.8. The van der Waals surface area contributed by atoms with E-state index >= 15 is 0 Å². The first kappa shape index (κ1) is 12.6. The Morgan fingerprint density at radius 3 is 2.35 bits per heavy atom. The molecule has 2 aromatic rings. The van der Waals surface area contributed by atoms with Gasteiger partial charge in [0.2, 0.25) is 0 Å². The van der Waals surface area contributed by atoms with Crippen LogP contribution in [0.15, 0.2) is 66.7 Å². The van der Waals surface area contributed by atoms with Crippen LogP contribution in [0.5, 0.6) is 0 Å². The molecule has 2 aromatic carbocycles. The predicted octanol–water partition coefficient (Wildman–Crippen LogP) is 3.76. The molecule has 20 heavy (non-hydrogen) atoms. The summed E-state index contributed by atoms with van der Waals surface area (Å²) in [6.45, 7) is 3.80. The maximum atomic E-state index is 14.0. The van der Waals surface area contributed by atoms with Gasteiger partial charge in [-0.2, -0.15) is 0 Å². The van der Waals surface area contributed by atoms with E-state index in [-0.39, 0.29) is 11.7 Å². The van der Waals surface area contributed by atoms with Gasteiger partial charge in [-0.3, -0.25) is 0 Å². The monoisotopic (exact) mass is 268 g/mol. The van der Waals surface area contributed by atoms with Crippen LogP contribution in [0, 0.1) is 5.82 Å². The Kier molecular flexibility index (Phi) is 3.11. The maximum Gasteiger partial charge on any atom is 0.334 e. The number of hydrogen-bond acceptors (Lipinski definition) is 2. The minimum Gasteiger partial charge on any atom is -0.453 e. The van der Waals surface area contributed by atoms with E-state index in [0.29, 0.717) is 11.1 Å². The summed E-state index contributed by atoms with van der Waals surface area (Å²) in [5.41, 5.74) is 1.65. The normalized spacial score (nSPS) is 21.9. The first-order valence-corrected chi connectivity index (χ1v) is 6.37. The Labute approximate surface area is 116 Å². The molecule has 0 aromatic heterocycles. The van der Waals surface area contributed by atoms with Crippen molar-refractivity contribution in [2.24, 2.45) is 0 Å². The van der Waals surface area contributed by atoms with E-state index in [1.807, 2.05) is 30.3 Å². The van der Waals surface area contributed by atoms with E-state index in [4.69, 9.17) is 4.74 Å². The average molecular weight is 268 g/mol. The van der Waals surface area contributed by atoms with Crippen LogP contribution in [0.3, 0.4) is 0 Å². The molecule has 0 spiro atoms. The quantitative estimate of drug-likeness (QED) is 0.612. The van der Waals surface area contributed by atoms with Gasteiger partial charge in [0, 0.05) is 11.1 Å². The molecule has 1 saturated heterocycles. The van der Waals surface area contributed by atoms with Crippen molar-refractivity contribution in [1.29, 1.82) is 0 Å². The Bertz CT molecular complexity index is 664. The van der Waals surface area contributed by atoms with E-state index in [9.17, 15) is 9.18 Å². The van der Waals surface area contributed by atoms with Crippen LogP contribution in [-0.4, -0.2) is 5.97 Å². The van der Waals surface area contributed by atoms with Gasteiger partial charge in [-0.15, -0.1) is 0 Å². The lowest BCUT2D eigenvalue weighted by Gasteiger charge is -2.18. The van der Waals surface area contributed by atoms with Crippen molar-refractivity contribution in [3.63, 3.8) is 0 Å². The lowest BCUT2D eigenvalue weighted by Crippen LogP contribution is -2.08. The average Bonchev–Trinajstić information content (AvgIpc) is 2.76. The van der Waals surface area contributed by atoms with Crippen molar-refractivity contribution < 1.29 is 13.9 Å². The predicted molar refractivity (Wildman–Crippen MR) is 73.6 cm³/mol. The molecule has 0 saturated carbocycles. The van der Waals surface area contributed by atoms with Gasteiger partial charge in [-0.25, -0.2) is 9.18 Å². The fourth-order valence-electron chi connectivity index (χ4n) is 2.55. The maximum absolute atomic E-state index is 14.0. The number of carbonyl (C=O) groups excluding carboxylic acids is 1. The van der Waals surface area contributed by atoms with Gasteiger partial charge in [-0.1, -0.05) is 55.1 Å². The van der Waals surface area contributed by atoms with Crippen molar-refractivity contribution in [2.45, 2.75) is 12.0 Å². The molecule has 0 amide bonds. The second-order valence-corrected chi connectivity index (χ2v) is 4.76. The molecular formula is C17H13FO2. The summed E-state index contributed by atoms with van der Waals surface area (Å²) in [6.07, 6.45) is -0.654. The number of cyclic esters (lactones) is 1. The summed E-state index contributed by atoms with van der Waals surface area (Å²) in [7, 11) is 0. The summed E-state index contributed by atoms with van der Waals surface area (Å²) >= 11 is 0. The first-order chi connectivity index (χ1) is 9.68. The summed E-state index contributed by atoms with van der Waals surface area (Å²) in [5, 5.41) is 0. The Morgan fingerprint density at radius 1 is 1.00 bits per heavy atom. The highest BCUT2D eigenvalue weighted by atomic mass is 19.1. The van der Waals surface area contributed by atoms with Gasteiger partial charge >= 0.3 is 5.97 Å². The number of esters is 1. The third-order valence-electron chi connectivity index (χ3n) is 3.54. The van der Waals surface area contributed by atoms with Gasteiger partial charge in [0.05, 0.1) is 5.92 Å². The number of carbonyl (C=O) groups is 1. The lowest BCUT2D eigenvalue weighted by atomic mass is 9.86. The SMILES string of the molecule is C=C1C(=O)O[C@H](c2ccccc2F)[C@@H]1c1ccccc1. The highest BCUT2D eigenvalue weighted by molar-refractivity contribution is 5.92. The number of hydrogen-bond donors (Lipinski definition) is 0. The van der Waals surface area contributed by atoms with Crippen molar-refractivity contribution in [3.8, 4) is 0 Å². The Morgan fingerprint density at radius 2 is 1.65 bits per heavy atom. The molecule has 0 N–H and O–H groups in total. The van der Waals surface area contributed by atoms with Gasteiger partial charge < -0.3 is 4.74 Å². The van der Waals surface area contributed by atoms with Crippen LogP contribution in [0.1, 0.15) is 23.1 Å². The molecular weight excluding hydrogens is 255 g/mol. The van der Waals surface area contributed by atoms with Crippen molar-refractivity contribution in [3.05, 3.63) is 83.7 Å². The molecule has 1 aliphatic rings. The molecule has 1 heterocycles. The fourth-order valence-corrected chi connectivity index (χ4v) is 2.55. The molecule has 100 valence electrons. The van der Waals surface area contributed by atoms with Crippen molar-refractivity contribution in [2.75, 3.05) is 0 Å². The minimum absolute atomic E-state index is 0.347. The number of rotatable bonds is 2.